The molecule has 2 aromatic carbocycles. The molecule has 158 valence electrons. The second-order valence-corrected chi connectivity index (χ2v) is 7.83. The lowest BCUT2D eigenvalue weighted by Gasteiger charge is -2.31. The van der Waals surface area contributed by atoms with Gasteiger partial charge in [0.2, 0.25) is 5.75 Å². The SMILES string of the molecule is COc1ccc(CN2CCCn3cccc3C2c2ccc(Cl)cc2)c(OC)c1OC. The van der Waals surface area contributed by atoms with Gasteiger partial charge in [-0.3, -0.25) is 4.90 Å². The summed E-state index contributed by atoms with van der Waals surface area (Å²) >= 11 is 6.17. The van der Waals surface area contributed by atoms with Crippen LogP contribution in [-0.2, 0) is 13.1 Å². The number of nitrogens with zero attached hydrogens (tertiary/aromatic N) is 2. The lowest BCUT2D eigenvalue weighted by Crippen LogP contribution is -2.29. The van der Waals surface area contributed by atoms with Crippen molar-refractivity contribution >= 4 is 11.6 Å². The molecule has 0 amide bonds. The molecule has 1 atom stereocenters. The normalized spacial score (nSPS) is 16.6. The zero-order valence-electron chi connectivity index (χ0n) is 17.6. The van der Waals surface area contributed by atoms with Crippen molar-refractivity contribution in [2.24, 2.45) is 0 Å². The maximum absolute atomic E-state index is 6.17. The van der Waals surface area contributed by atoms with E-state index in [0.717, 1.165) is 36.6 Å². The summed E-state index contributed by atoms with van der Waals surface area (Å²) < 4.78 is 19.1. The van der Waals surface area contributed by atoms with Crippen molar-refractivity contribution in [1.29, 1.82) is 0 Å². The van der Waals surface area contributed by atoms with E-state index in [1.807, 2.05) is 18.2 Å². The summed E-state index contributed by atoms with van der Waals surface area (Å²) in [5.74, 6) is 2.00. The number of halogens is 1. The summed E-state index contributed by atoms with van der Waals surface area (Å²) in [5.41, 5.74) is 3.57. The number of hydrogen-bond donors (Lipinski definition) is 0. The van der Waals surface area contributed by atoms with Crippen LogP contribution in [0.1, 0.15) is 29.3 Å². The molecule has 0 N–H and O–H groups in total. The Morgan fingerprint density at radius 1 is 0.900 bits per heavy atom. The van der Waals surface area contributed by atoms with Crippen molar-refractivity contribution < 1.29 is 14.2 Å². The van der Waals surface area contributed by atoms with Crippen molar-refractivity contribution in [2.75, 3.05) is 27.9 Å². The van der Waals surface area contributed by atoms with Gasteiger partial charge in [0.15, 0.2) is 11.5 Å². The molecule has 1 aliphatic heterocycles. The first-order valence-electron chi connectivity index (χ1n) is 10.1. The van der Waals surface area contributed by atoms with E-state index in [-0.39, 0.29) is 6.04 Å². The smallest absolute Gasteiger partial charge is 0.203 e. The second kappa shape index (κ2) is 9.02. The Labute approximate surface area is 182 Å². The lowest BCUT2D eigenvalue weighted by atomic mass is 10.0. The van der Waals surface area contributed by atoms with Gasteiger partial charge in [0, 0.05) is 42.1 Å². The van der Waals surface area contributed by atoms with Gasteiger partial charge in [0.25, 0.3) is 0 Å². The zero-order valence-corrected chi connectivity index (χ0v) is 18.4. The van der Waals surface area contributed by atoms with Gasteiger partial charge in [0.1, 0.15) is 0 Å². The summed E-state index contributed by atoms with van der Waals surface area (Å²) in [7, 11) is 4.95. The Morgan fingerprint density at radius 2 is 1.67 bits per heavy atom. The molecule has 2 heterocycles. The first-order valence-corrected chi connectivity index (χ1v) is 10.5. The predicted octanol–water partition coefficient (Wildman–Crippen LogP) is 5.16. The number of ether oxygens (including phenoxy) is 3. The number of aryl methyl sites for hydroxylation is 1. The Kier molecular flexibility index (Phi) is 6.21. The van der Waals surface area contributed by atoms with Crippen LogP contribution in [0.4, 0.5) is 0 Å². The third kappa shape index (κ3) is 3.87. The Bertz CT molecular complexity index is 1000. The van der Waals surface area contributed by atoms with E-state index in [9.17, 15) is 0 Å². The molecule has 0 fully saturated rings. The highest BCUT2D eigenvalue weighted by molar-refractivity contribution is 6.30. The summed E-state index contributed by atoms with van der Waals surface area (Å²) in [5, 5.41) is 0.746. The standard InChI is InChI=1S/C24H27ClN2O3/c1-28-21-12-9-18(23(29-2)24(21)30-3)16-27-15-5-14-26-13-4-6-20(26)22(27)17-7-10-19(25)11-8-17/h4,6-13,22H,5,14-16H2,1-3H3. The van der Waals surface area contributed by atoms with Gasteiger partial charge in [0.05, 0.1) is 27.4 Å². The minimum absolute atomic E-state index is 0.123. The molecule has 1 aromatic heterocycles. The van der Waals surface area contributed by atoms with E-state index in [1.54, 1.807) is 21.3 Å². The molecule has 6 heteroatoms. The average molecular weight is 427 g/mol. The lowest BCUT2D eigenvalue weighted by molar-refractivity contribution is 0.216. The maximum Gasteiger partial charge on any atom is 0.203 e. The van der Waals surface area contributed by atoms with Crippen LogP contribution in [-0.4, -0.2) is 37.3 Å². The van der Waals surface area contributed by atoms with Gasteiger partial charge in [-0.1, -0.05) is 29.8 Å². The van der Waals surface area contributed by atoms with Crippen LogP contribution in [0.25, 0.3) is 0 Å². The van der Waals surface area contributed by atoms with Gasteiger partial charge in [-0.15, -0.1) is 0 Å². The molecule has 0 radical (unpaired) electrons. The van der Waals surface area contributed by atoms with Crippen molar-refractivity contribution in [2.45, 2.75) is 25.6 Å². The monoisotopic (exact) mass is 426 g/mol. The molecular formula is C24H27ClN2O3. The number of hydrogen-bond acceptors (Lipinski definition) is 4. The number of rotatable bonds is 6. The fourth-order valence-corrected chi connectivity index (χ4v) is 4.47. The molecule has 1 aliphatic rings. The van der Waals surface area contributed by atoms with Gasteiger partial charge >= 0.3 is 0 Å². The molecule has 0 saturated heterocycles. The Hall–Kier alpha value is -2.63. The number of methoxy groups -OCH3 is 3. The predicted molar refractivity (Wildman–Crippen MR) is 119 cm³/mol. The number of aromatic nitrogens is 1. The number of fused-ring (bicyclic) bond motifs is 1. The third-order valence-corrected chi connectivity index (χ3v) is 5.95. The summed E-state index contributed by atoms with van der Waals surface area (Å²) in [6, 6.07) is 16.6. The number of benzene rings is 2. The van der Waals surface area contributed by atoms with Crippen molar-refractivity contribution in [3.8, 4) is 17.2 Å². The van der Waals surface area contributed by atoms with Crippen LogP contribution in [0.3, 0.4) is 0 Å². The van der Waals surface area contributed by atoms with Crippen molar-refractivity contribution in [3.63, 3.8) is 0 Å². The maximum atomic E-state index is 6.17. The van der Waals surface area contributed by atoms with E-state index in [0.29, 0.717) is 17.2 Å². The average Bonchev–Trinajstić information content (AvgIpc) is 3.15. The van der Waals surface area contributed by atoms with Crippen molar-refractivity contribution in [3.05, 3.63) is 76.6 Å². The Morgan fingerprint density at radius 3 is 2.37 bits per heavy atom. The van der Waals surface area contributed by atoms with Crippen LogP contribution in [0.15, 0.2) is 54.7 Å². The molecule has 5 nitrogen and oxygen atoms in total. The minimum Gasteiger partial charge on any atom is -0.493 e. The van der Waals surface area contributed by atoms with Gasteiger partial charge in [-0.2, -0.15) is 0 Å². The van der Waals surface area contributed by atoms with Crippen LogP contribution >= 0.6 is 11.6 Å². The highest BCUT2D eigenvalue weighted by Gasteiger charge is 2.29. The molecule has 0 aliphatic carbocycles. The molecule has 30 heavy (non-hydrogen) atoms. The highest BCUT2D eigenvalue weighted by Crippen LogP contribution is 2.42. The largest absolute Gasteiger partial charge is 0.493 e. The quantitative estimate of drug-likeness (QED) is 0.545. The zero-order chi connectivity index (χ0) is 21.1. The fraction of sp³-hybridized carbons (Fsp3) is 0.333. The van der Waals surface area contributed by atoms with Crippen molar-refractivity contribution in [1.82, 2.24) is 9.47 Å². The minimum atomic E-state index is 0.123. The molecular weight excluding hydrogens is 400 g/mol. The van der Waals surface area contributed by atoms with Gasteiger partial charge in [-0.05, 0) is 42.3 Å². The van der Waals surface area contributed by atoms with Crippen LogP contribution in [0.2, 0.25) is 5.02 Å². The van der Waals surface area contributed by atoms with E-state index >= 15 is 0 Å². The van der Waals surface area contributed by atoms with Crippen LogP contribution in [0, 0.1) is 0 Å². The van der Waals surface area contributed by atoms with E-state index in [1.165, 1.54) is 11.3 Å². The topological polar surface area (TPSA) is 35.9 Å². The first kappa shape index (κ1) is 20.6. The summed E-state index contributed by atoms with van der Waals surface area (Å²) in [4.78, 5) is 2.49. The summed E-state index contributed by atoms with van der Waals surface area (Å²) in [6.45, 7) is 2.69. The van der Waals surface area contributed by atoms with Crippen LogP contribution in [0.5, 0.6) is 17.2 Å². The van der Waals surface area contributed by atoms with Crippen LogP contribution < -0.4 is 14.2 Å². The third-order valence-electron chi connectivity index (χ3n) is 5.70. The fourth-order valence-electron chi connectivity index (χ4n) is 4.34. The molecule has 0 saturated carbocycles. The molecule has 4 rings (SSSR count). The second-order valence-electron chi connectivity index (χ2n) is 7.40. The van der Waals surface area contributed by atoms with Gasteiger partial charge < -0.3 is 18.8 Å². The van der Waals surface area contributed by atoms with Gasteiger partial charge in [-0.25, -0.2) is 0 Å². The molecule has 1 unspecified atom stereocenters. The van der Waals surface area contributed by atoms with E-state index < -0.39 is 0 Å². The molecule has 0 bridgehead atoms. The van der Waals surface area contributed by atoms with E-state index in [4.69, 9.17) is 25.8 Å². The molecule has 0 spiro atoms. The summed E-state index contributed by atoms with van der Waals surface area (Å²) in [6.07, 6.45) is 3.24. The first-order chi connectivity index (χ1) is 14.7. The molecule has 3 aromatic rings. The highest BCUT2D eigenvalue weighted by atomic mass is 35.5. The Balaban J connectivity index is 1.76. The van der Waals surface area contributed by atoms with E-state index in [2.05, 4.69) is 46.0 Å².